The van der Waals surface area contributed by atoms with Crippen molar-refractivity contribution in [2.45, 2.75) is 82.0 Å². The summed E-state index contributed by atoms with van der Waals surface area (Å²) in [5, 5.41) is 0.658. The fourth-order valence-electron chi connectivity index (χ4n) is 6.04. The first kappa shape index (κ1) is 18.6. The summed E-state index contributed by atoms with van der Waals surface area (Å²) in [4.78, 5) is 0. The molecule has 5 heteroatoms. The number of allylic oxidation sites excluding steroid dienone is 1. The highest BCUT2D eigenvalue weighted by Gasteiger charge is 2.61. The normalized spacial score (nSPS) is 36.4. The highest BCUT2D eigenvalue weighted by molar-refractivity contribution is 6.74. The largest absolute Gasteiger partial charge is 0.542 e. The van der Waals surface area contributed by atoms with E-state index >= 15 is 0 Å². The zero-order valence-electron chi connectivity index (χ0n) is 22.1. The molecule has 4 aliphatic rings. The minimum atomic E-state index is -2.41. The van der Waals surface area contributed by atoms with E-state index in [-0.39, 0.29) is 16.4 Å². The average molecular weight is 452 g/mol. The minimum absolute atomic E-state index is 0.0474. The van der Waals surface area contributed by atoms with E-state index in [4.69, 9.17) is 29.6 Å². The first-order valence-electron chi connectivity index (χ1n) is 12.5. The van der Waals surface area contributed by atoms with Crippen molar-refractivity contribution in [2.24, 2.45) is 11.8 Å². The van der Waals surface area contributed by atoms with E-state index in [0.717, 1.165) is 37.0 Å². The molecule has 0 amide bonds. The summed E-state index contributed by atoms with van der Waals surface area (Å²) < 4.78 is 41.5. The van der Waals surface area contributed by atoms with Gasteiger partial charge in [-0.05, 0) is 85.3 Å². The zero-order valence-corrected chi connectivity index (χ0v) is 20.9. The van der Waals surface area contributed by atoms with E-state index in [1.807, 2.05) is 12.3 Å². The van der Waals surface area contributed by atoms with Crippen LogP contribution in [0.25, 0.3) is 0 Å². The van der Waals surface area contributed by atoms with Crippen LogP contribution in [0.1, 0.15) is 62.6 Å². The van der Waals surface area contributed by atoms with Crippen LogP contribution in [-0.2, 0) is 14.9 Å². The molecule has 1 aromatic rings. The van der Waals surface area contributed by atoms with Crippen molar-refractivity contribution >= 4 is 19.9 Å². The highest BCUT2D eigenvalue weighted by atomic mass is 35.5. The first-order chi connectivity index (χ1) is 15.1. The summed E-state index contributed by atoms with van der Waals surface area (Å²) >= 11 is 6.63. The third-order valence-corrected chi connectivity index (χ3v) is 12.9. The molecule has 30 heavy (non-hydrogen) atoms. The fourth-order valence-corrected chi connectivity index (χ4v) is 7.28. The number of hydrogen-bond acceptors (Lipinski definition) is 3. The van der Waals surface area contributed by atoms with Crippen LogP contribution in [0.2, 0.25) is 23.2 Å². The number of halogens is 1. The zero-order chi connectivity index (χ0) is 24.4. The van der Waals surface area contributed by atoms with E-state index in [1.54, 1.807) is 7.11 Å². The lowest BCUT2D eigenvalue weighted by atomic mass is 9.44. The SMILES string of the molecule is [2H]C([2H])([2H])OC12CC3CC(C1)C(=COC)C(c1ccc(Cl)c(O[Si](C)(C)C(C)(C)C)c1)(C3)C2. The summed E-state index contributed by atoms with van der Waals surface area (Å²) in [6.07, 6.45) is 6.11. The van der Waals surface area contributed by atoms with Crippen LogP contribution in [0.4, 0.5) is 0 Å². The molecular weight excluding hydrogens is 412 g/mol. The van der Waals surface area contributed by atoms with Crippen molar-refractivity contribution in [2.75, 3.05) is 14.1 Å². The molecule has 0 aromatic heterocycles. The Labute approximate surface area is 192 Å². The predicted molar refractivity (Wildman–Crippen MR) is 126 cm³/mol. The molecule has 0 heterocycles. The average Bonchev–Trinajstić information content (AvgIpc) is 2.63. The van der Waals surface area contributed by atoms with Crippen LogP contribution in [0, 0.1) is 11.8 Å². The van der Waals surface area contributed by atoms with Gasteiger partial charge in [-0.15, -0.1) is 0 Å². The van der Waals surface area contributed by atoms with Crippen LogP contribution in [0.5, 0.6) is 5.75 Å². The van der Waals surface area contributed by atoms with Gasteiger partial charge in [0.15, 0.2) is 0 Å². The molecule has 0 N–H and O–H groups in total. The van der Waals surface area contributed by atoms with Gasteiger partial charge in [-0.1, -0.05) is 38.4 Å². The molecule has 0 saturated heterocycles. The van der Waals surface area contributed by atoms with Crippen LogP contribution >= 0.6 is 11.6 Å². The molecule has 4 fully saturated rings. The molecule has 4 saturated carbocycles. The van der Waals surface area contributed by atoms with Crippen LogP contribution in [-0.4, -0.2) is 28.1 Å². The van der Waals surface area contributed by atoms with Gasteiger partial charge in [0.1, 0.15) is 5.75 Å². The van der Waals surface area contributed by atoms with Crippen molar-refractivity contribution in [1.29, 1.82) is 0 Å². The quantitative estimate of drug-likeness (QED) is 0.353. The Kier molecular flexibility index (Phi) is 4.51. The second-order valence-corrected chi connectivity index (χ2v) is 16.4. The molecule has 5 rings (SSSR count). The van der Waals surface area contributed by atoms with Gasteiger partial charge in [-0.25, -0.2) is 0 Å². The number of benzene rings is 1. The summed E-state index contributed by atoms with van der Waals surface area (Å²) in [6.45, 7) is 11.1. The Morgan fingerprint density at radius 1 is 1.23 bits per heavy atom. The van der Waals surface area contributed by atoms with Crippen LogP contribution in [0.3, 0.4) is 0 Å². The van der Waals surface area contributed by atoms with Gasteiger partial charge >= 0.3 is 0 Å². The van der Waals surface area contributed by atoms with Gasteiger partial charge in [0, 0.05) is 12.5 Å². The number of rotatable bonds is 5. The van der Waals surface area contributed by atoms with Crippen molar-refractivity contribution in [3.05, 3.63) is 40.6 Å². The van der Waals surface area contributed by atoms with Crippen molar-refractivity contribution in [3.8, 4) is 5.75 Å². The molecule has 0 radical (unpaired) electrons. The molecule has 4 atom stereocenters. The Morgan fingerprint density at radius 3 is 2.67 bits per heavy atom. The lowest BCUT2D eigenvalue weighted by molar-refractivity contribution is -0.134. The fraction of sp³-hybridized carbons (Fsp3) is 0.680. The molecule has 3 nitrogen and oxygen atoms in total. The van der Waals surface area contributed by atoms with Gasteiger partial charge in [0.2, 0.25) is 0 Å². The number of methoxy groups -OCH3 is 2. The Balaban J connectivity index is 1.80. The Hall–Kier alpha value is -0.973. The second-order valence-electron chi connectivity index (χ2n) is 11.3. The van der Waals surface area contributed by atoms with Crippen molar-refractivity contribution in [3.63, 3.8) is 0 Å². The van der Waals surface area contributed by atoms with E-state index in [0.29, 0.717) is 17.4 Å². The molecule has 4 unspecified atom stereocenters. The molecule has 0 aliphatic heterocycles. The molecular formula is C25H37ClO3Si. The molecule has 4 aliphatic carbocycles. The lowest BCUT2D eigenvalue weighted by Gasteiger charge is -2.62. The standard InChI is InChI=1S/C25H37ClO3Si/c1-23(2,3)30(6,7)29-22-11-19(8-9-21(22)26)25-13-17-10-18(20(25)15-27-4)14-24(12-17,16-25)28-5/h8-9,11,15,17-18H,10,12-14,16H2,1-7H3/i5D3. The molecule has 166 valence electrons. The first-order valence-corrected chi connectivity index (χ1v) is 14.3. The van der Waals surface area contributed by atoms with E-state index in [1.165, 1.54) is 5.57 Å². The van der Waals surface area contributed by atoms with Gasteiger partial charge in [0.05, 0.1) is 28.1 Å². The second kappa shape index (κ2) is 7.28. The summed E-state index contributed by atoms with van der Waals surface area (Å²) in [7, 11) is -2.81. The predicted octanol–water partition coefficient (Wildman–Crippen LogP) is 7.10. The third-order valence-electron chi connectivity index (χ3n) is 8.27. The van der Waals surface area contributed by atoms with Crippen LogP contribution < -0.4 is 4.43 Å². The van der Waals surface area contributed by atoms with Crippen LogP contribution in [0.15, 0.2) is 30.0 Å². The van der Waals surface area contributed by atoms with Gasteiger partial charge < -0.3 is 13.9 Å². The van der Waals surface area contributed by atoms with Gasteiger partial charge in [-0.3, -0.25) is 0 Å². The van der Waals surface area contributed by atoms with Gasteiger partial charge in [-0.2, -0.15) is 0 Å². The van der Waals surface area contributed by atoms with Crippen molar-refractivity contribution < 1.29 is 18.0 Å². The summed E-state index contributed by atoms with van der Waals surface area (Å²) in [5.41, 5.74) is 1.41. The number of ether oxygens (including phenoxy) is 2. The highest BCUT2D eigenvalue weighted by Crippen LogP contribution is 2.66. The molecule has 0 spiro atoms. The molecule has 1 aromatic carbocycles. The van der Waals surface area contributed by atoms with E-state index < -0.39 is 21.0 Å². The lowest BCUT2D eigenvalue weighted by Crippen LogP contribution is -2.59. The maximum atomic E-state index is 7.82. The topological polar surface area (TPSA) is 27.7 Å². The maximum Gasteiger partial charge on any atom is 0.250 e. The summed E-state index contributed by atoms with van der Waals surface area (Å²) in [6, 6.07) is 6.11. The monoisotopic (exact) mass is 451 g/mol. The maximum absolute atomic E-state index is 7.82. The van der Waals surface area contributed by atoms with Gasteiger partial charge in [0.25, 0.3) is 8.32 Å². The Bertz CT molecular complexity index is 955. The third kappa shape index (κ3) is 3.43. The molecule has 4 bridgehead atoms. The minimum Gasteiger partial charge on any atom is -0.542 e. The smallest absolute Gasteiger partial charge is 0.250 e. The summed E-state index contributed by atoms with van der Waals surface area (Å²) in [5.74, 6) is 1.40. The van der Waals surface area contributed by atoms with Crippen molar-refractivity contribution in [1.82, 2.24) is 0 Å². The van der Waals surface area contributed by atoms with E-state index in [9.17, 15) is 0 Å². The number of hydrogen-bond donors (Lipinski definition) is 0. The Morgan fingerprint density at radius 2 is 2.00 bits per heavy atom. The van der Waals surface area contributed by atoms with E-state index in [2.05, 4.69) is 46.0 Å².